The summed E-state index contributed by atoms with van der Waals surface area (Å²) in [4.78, 5) is 42.2. The second-order valence-corrected chi connectivity index (χ2v) is 11.6. The number of hydrogen-bond donors (Lipinski definition) is 0. The lowest BCUT2D eigenvalue weighted by Gasteiger charge is -2.33. The van der Waals surface area contributed by atoms with Gasteiger partial charge in [-0.25, -0.2) is 9.59 Å². The molecular formula is C30H35N7O3. The largest absolute Gasteiger partial charge is 0.354 e. The van der Waals surface area contributed by atoms with E-state index in [1.165, 1.54) is 4.57 Å². The first kappa shape index (κ1) is 26.0. The van der Waals surface area contributed by atoms with E-state index < -0.39 is 0 Å². The molecular weight excluding hydrogens is 506 g/mol. The number of nitrogens with zero attached hydrogens (tertiary/aromatic N) is 7. The molecule has 208 valence electrons. The van der Waals surface area contributed by atoms with E-state index in [0.717, 1.165) is 33.2 Å². The SMILES string of the molecule is Cc1ccc2c(c1)c(=O)n(C1CCN(c3nncc4cc5c(cc34)n(C(C)C)c(=O)n5C(C)C)CC1)c(=O)n2C. The minimum absolute atomic E-state index is 0.00751. The van der Waals surface area contributed by atoms with Crippen LogP contribution in [0.4, 0.5) is 5.82 Å². The molecule has 0 spiro atoms. The van der Waals surface area contributed by atoms with E-state index in [2.05, 4.69) is 21.2 Å². The van der Waals surface area contributed by atoms with Gasteiger partial charge in [-0.3, -0.25) is 23.1 Å². The molecule has 0 unspecified atom stereocenters. The topological polar surface area (TPSA) is 100.0 Å². The second-order valence-electron chi connectivity index (χ2n) is 11.6. The van der Waals surface area contributed by atoms with Crippen molar-refractivity contribution in [2.45, 2.75) is 65.6 Å². The van der Waals surface area contributed by atoms with Crippen LogP contribution >= 0.6 is 0 Å². The van der Waals surface area contributed by atoms with Crippen molar-refractivity contribution >= 4 is 38.5 Å². The van der Waals surface area contributed by atoms with Crippen LogP contribution in [0.25, 0.3) is 32.7 Å². The zero-order valence-electron chi connectivity index (χ0n) is 23.9. The molecule has 1 fully saturated rings. The van der Waals surface area contributed by atoms with Gasteiger partial charge in [-0.05, 0) is 71.7 Å². The van der Waals surface area contributed by atoms with Crippen LogP contribution in [0.1, 0.15) is 64.2 Å². The van der Waals surface area contributed by atoms with Gasteiger partial charge in [0.1, 0.15) is 0 Å². The summed E-state index contributed by atoms with van der Waals surface area (Å²) in [5.74, 6) is 0.757. The van der Waals surface area contributed by atoms with Gasteiger partial charge in [0.2, 0.25) is 0 Å². The molecule has 0 bridgehead atoms. The molecule has 4 heterocycles. The molecule has 0 radical (unpaired) electrons. The summed E-state index contributed by atoms with van der Waals surface area (Å²) >= 11 is 0. The fraction of sp³-hybridized carbons (Fsp3) is 0.433. The Morgan fingerprint density at radius 3 is 2.12 bits per heavy atom. The first-order valence-electron chi connectivity index (χ1n) is 14.0. The van der Waals surface area contributed by atoms with Crippen molar-refractivity contribution in [3.8, 4) is 0 Å². The Labute approximate surface area is 231 Å². The average molecular weight is 542 g/mol. The third kappa shape index (κ3) is 3.88. The molecule has 40 heavy (non-hydrogen) atoms. The highest BCUT2D eigenvalue weighted by Crippen LogP contribution is 2.32. The lowest BCUT2D eigenvalue weighted by Crippen LogP contribution is -2.45. The normalized spacial score (nSPS) is 14.9. The van der Waals surface area contributed by atoms with Gasteiger partial charge in [-0.2, -0.15) is 5.10 Å². The van der Waals surface area contributed by atoms with Crippen LogP contribution in [0, 0.1) is 6.92 Å². The van der Waals surface area contributed by atoms with Crippen LogP contribution in [0.2, 0.25) is 0 Å². The lowest BCUT2D eigenvalue weighted by atomic mass is 10.0. The van der Waals surface area contributed by atoms with E-state index in [1.54, 1.807) is 17.8 Å². The van der Waals surface area contributed by atoms with E-state index in [9.17, 15) is 14.4 Å². The fourth-order valence-corrected chi connectivity index (χ4v) is 6.29. The lowest BCUT2D eigenvalue weighted by molar-refractivity contribution is 0.370. The van der Waals surface area contributed by atoms with E-state index >= 15 is 0 Å². The molecule has 1 saturated heterocycles. The Balaban J connectivity index is 1.39. The highest BCUT2D eigenvalue weighted by Gasteiger charge is 2.27. The molecule has 0 N–H and O–H groups in total. The van der Waals surface area contributed by atoms with Crippen molar-refractivity contribution in [1.82, 2.24) is 28.5 Å². The minimum atomic E-state index is -0.284. The van der Waals surface area contributed by atoms with Gasteiger partial charge in [0.15, 0.2) is 5.82 Å². The van der Waals surface area contributed by atoms with Crippen molar-refractivity contribution in [3.05, 3.63) is 73.4 Å². The maximum atomic E-state index is 13.5. The van der Waals surface area contributed by atoms with Gasteiger partial charge in [-0.15, -0.1) is 5.10 Å². The van der Waals surface area contributed by atoms with Gasteiger partial charge in [0.25, 0.3) is 5.56 Å². The Hall–Kier alpha value is -4.21. The highest BCUT2D eigenvalue weighted by molar-refractivity contribution is 6.00. The summed E-state index contributed by atoms with van der Waals surface area (Å²) in [6, 6.07) is 9.55. The molecule has 3 aromatic heterocycles. The van der Waals surface area contributed by atoms with E-state index in [1.807, 2.05) is 68.0 Å². The van der Waals surface area contributed by atoms with Gasteiger partial charge >= 0.3 is 11.4 Å². The maximum absolute atomic E-state index is 13.5. The van der Waals surface area contributed by atoms with Gasteiger partial charge in [-0.1, -0.05) is 11.6 Å². The van der Waals surface area contributed by atoms with Crippen molar-refractivity contribution in [1.29, 1.82) is 0 Å². The third-order valence-electron chi connectivity index (χ3n) is 8.29. The van der Waals surface area contributed by atoms with Crippen molar-refractivity contribution in [2.75, 3.05) is 18.0 Å². The van der Waals surface area contributed by atoms with Crippen LogP contribution in [-0.4, -0.2) is 41.6 Å². The number of hydrogen-bond acceptors (Lipinski definition) is 6. The Morgan fingerprint density at radius 1 is 0.825 bits per heavy atom. The van der Waals surface area contributed by atoms with Crippen LogP contribution < -0.4 is 21.8 Å². The molecule has 10 heteroatoms. The summed E-state index contributed by atoms with van der Waals surface area (Å²) in [5, 5.41) is 11.2. The Kier molecular flexibility index (Phi) is 6.16. The van der Waals surface area contributed by atoms with Crippen LogP contribution in [0.15, 0.2) is 50.9 Å². The van der Waals surface area contributed by atoms with E-state index in [-0.39, 0.29) is 35.1 Å². The summed E-state index contributed by atoms with van der Waals surface area (Å²) in [6.07, 6.45) is 3.01. The number of imidazole rings is 1. The minimum Gasteiger partial charge on any atom is -0.354 e. The molecule has 1 aliphatic rings. The molecule has 0 aliphatic carbocycles. The molecule has 2 aromatic carbocycles. The number of aromatic nitrogens is 6. The predicted octanol–water partition coefficient (Wildman–Crippen LogP) is 4.07. The van der Waals surface area contributed by atoms with Crippen molar-refractivity contribution < 1.29 is 0 Å². The fourth-order valence-electron chi connectivity index (χ4n) is 6.29. The van der Waals surface area contributed by atoms with Crippen LogP contribution in [0.5, 0.6) is 0 Å². The van der Waals surface area contributed by atoms with Gasteiger partial charge < -0.3 is 4.90 Å². The number of rotatable bonds is 4. The second kappa shape index (κ2) is 9.46. The smallest absolute Gasteiger partial charge is 0.331 e. The van der Waals surface area contributed by atoms with E-state index in [4.69, 9.17) is 0 Å². The number of aryl methyl sites for hydroxylation is 2. The summed E-state index contributed by atoms with van der Waals surface area (Å²) in [5.41, 5.74) is 2.88. The molecule has 5 aromatic rings. The maximum Gasteiger partial charge on any atom is 0.331 e. The number of anilines is 1. The number of fused-ring (bicyclic) bond motifs is 3. The number of piperidine rings is 1. The van der Waals surface area contributed by atoms with Crippen molar-refractivity contribution in [3.63, 3.8) is 0 Å². The van der Waals surface area contributed by atoms with Crippen LogP contribution in [0.3, 0.4) is 0 Å². The zero-order chi connectivity index (χ0) is 28.5. The van der Waals surface area contributed by atoms with Crippen LogP contribution in [-0.2, 0) is 7.05 Å². The first-order valence-corrected chi connectivity index (χ1v) is 14.0. The first-order chi connectivity index (χ1) is 19.1. The Bertz CT molecular complexity index is 1970. The summed E-state index contributed by atoms with van der Waals surface area (Å²) in [6.45, 7) is 11.3. The molecule has 0 saturated carbocycles. The summed E-state index contributed by atoms with van der Waals surface area (Å²) in [7, 11) is 1.72. The third-order valence-corrected chi connectivity index (χ3v) is 8.29. The highest BCUT2D eigenvalue weighted by atomic mass is 16.2. The van der Waals surface area contributed by atoms with Crippen molar-refractivity contribution in [2.24, 2.45) is 7.05 Å². The van der Waals surface area contributed by atoms with Gasteiger partial charge in [0.05, 0.1) is 28.1 Å². The van der Waals surface area contributed by atoms with Gasteiger partial charge in [0, 0.05) is 49.0 Å². The average Bonchev–Trinajstić information content (AvgIpc) is 3.21. The monoisotopic (exact) mass is 541 g/mol. The predicted molar refractivity (Wildman–Crippen MR) is 159 cm³/mol. The quantitative estimate of drug-likeness (QED) is 0.340. The van der Waals surface area contributed by atoms with E-state index in [0.29, 0.717) is 36.8 Å². The molecule has 6 rings (SSSR count). The number of benzene rings is 2. The Morgan fingerprint density at radius 2 is 1.48 bits per heavy atom. The zero-order valence-corrected chi connectivity index (χ0v) is 23.9. The summed E-state index contributed by atoms with van der Waals surface area (Å²) < 4.78 is 6.69. The molecule has 10 nitrogen and oxygen atoms in total. The molecule has 0 atom stereocenters. The molecule has 0 amide bonds. The molecule has 1 aliphatic heterocycles. The standard InChI is InChI=1S/C30H35N7O3/c1-17(2)35-25-14-20-16-31-32-27(22(20)15-26(25)36(18(3)4)30(35)40)34-11-9-21(10-12-34)37-28(38)23-13-19(5)7-8-24(23)33(6)29(37)39/h7-8,13-18,21H,9-12H2,1-6H3.